The second kappa shape index (κ2) is 4.34. The van der Waals surface area contributed by atoms with Gasteiger partial charge in [-0.2, -0.15) is 0 Å². The molecular formula is C8H11NO3S. The Kier molecular flexibility index (Phi) is 3.39. The van der Waals surface area contributed by atoms with Crippen molar-refractivity contribution in [2.24, 2.45) is 0 Å². The highest BCUT2D eigenvalue weighted by Gasteiger charge is 2.15. The Morgan fingerprint density at radius 2 is 2.38 bits per heavy atom. The molecule has 1 rings (SSSR count). The molecule has 1 heterocycles. The standard InChI is InChI=1S/C8H11NO3S/c1-3-6-9-5(4-12-2)7(13-6)8(10)11/h3-4H2,1-2H3,(H,10,11). The summed E-state index contributed by atoms with van der Waals surface area (Å²) in [6.45, 7) is 2.21. The molecule has 0 spiro atoms. The molecule has 0 saturated heterocycles. The van der Waals surface area contributed by atoms with Crippen molar-refractivity contribution >= 4 is 17.3 Å². The van der Waals surface area contributed by atoms with E-state index in [0.717, 1.165) is 11.4 Å². The molecule has 0 amide bonds. The fourth-order valence-corrected chi connectivity index (χ4v) is 1.80. The lowest BCUT2D eigenvalue weighted by Crippen LogP contribution is -1.99. The normalized spacial score (nSPS) is 10.3. The van der Waals surface area contributed by atoms with Gasteiger partial charge in [-0.15, -0.1) is 11.3 Å². The van der Waals surface area contributed by atoms with Gasteiger partial charge in [0.1, 0.15) is 4.88 Å². The van der Waals surface area contributed by atoms with Gasteiger partial charge in [-0.05, 0) is 6.42 Å². The molecule has 5 heteroatoms. The molecule has 0 bridgehead atoms. The average molecular weight is 201 g/mol. The Hall–Kier alpha value is -0.940. The maximum Gasteiger partial charge on any atom is 0.347 e. The summed E-state index contributed by atoms with van der Waals surface area (Å²) in [4.78, 5) is 15.2. The predicted octanol–water partition coefficient (Wildman–Crippen LogP) is 1.55. The number of aromatic nitrogens is 1. The monoisotopic (exact) mass is 201 g/mol. The number of hydrogen-bond acceptors (Lipinski definition) is 4. The lowest BCUT2D eigenvalue weighted by atomic mass is 10.4. The summed E-state index contributed by atoms with van der Waals surface area (Å²) < 4.78 is 4.86. The molecule has 1 N–H and O–H groups in total. The topological polar surface area (TPSA) is 59.4 Å². The Bertz CT molecular complexity index is 308. The third kappa shape index (κ3) is 2.26. The van der Waals surface area contributed by atoms with Crippen LogP contribution in [0.3, 0.4) is 0 Å². The summed E-state index contributed by atoms with van der Waals surface area (Å²) in [5.74, 6) is -0.927. The van der Waals surface area contributed by atoms with E-state index in [2.05, 4.69) is 4.98 Å². The van der Waals surface area contributed by atoms with Gasteiger partial charge in [0.15, 0.2) is 0 Å². The molecule has 72 valence electrons. The molecule has 13 heavy (non-hydrogen) atoms. The Labute approximate surface area is 80.2 Å². The molecule has 4 nitrogen and oxygen atoms in total. The Morgan fingerprint density at radius 3 is 2.85 bits per heavy atom. The molecule has 0 aromatic carbocycles. The Morgan fingerprint density at radius 1 is 1.69 bits per heavy atom. The summed E-state index contributed by atoms with van der Waals surface area (Å²) in [5.41, 5.74) is 0.525. The number of methoxy groups -OCH3 is 1. The van der Waals surface area contributed by atoms with Crippen LogP contribution in [0.2, 0.25) is 0 Å². The van der Waals surface area contributed by atoms with Gasteiger partial charge >= 0.3 is 5.97 Å². The smallest absolute Gasteiger partial charge is 0.347 e. The van der Waals surface area contributed by atoms with Gasteiger partial charge < -0.3 is 9.84 Å². The SMILES string of the molecule is CCc1nc(COC)c(C(=O)O)s1. The van der Waals surface area contributed by atoms with Crippen LogP contribution in [0.5, 0.6) is 0 Å². The first-order valence-electron chi connectivity index (χ1n) is 3.89. The first kappa shape index (κ1) is 10.1. The molecule has 0 saturated carbocycles. The van der Waals surface area contributed by atoms with Gasteiger partial charge in [-0.25, -0.2) is 9.78 Å². The molecular weight excluding hydrogens is 190 g/mol. The van der Waals surface area contributed by atoms with Crippen LogP contribution < -0.4 is 0 Å². The summed E-state index contributed by atoms with van der Waals surface area (Å²) >= 11 is 1.22. The van der Waals surface area contributed by atoms with Crippen molar-refractivity contribution < 1.29 is 14.6 Å². The minimum Gasteiger partial charge on any atom is -0.477 e. The quantitative estimate of drug-likeness (QED) is 0.802. The van der Waals surface area contributed by atoms with Crippen molar-refractivity contribution in [3.05, 3.63) is 15.6 Å². The lowest BCUT2D eigenvalue weighted by Gasteiger charge is -1.94. The molecule has 0 aliphatic carbocycles. The van der Waals surface area contributed by atoms with E-state index in [-0.39, 0.29) is 6.61 Å². The number of ether oxygens (including phenoxy) is 1. The number of thiazole rings is 1. The second-order valence-electron chi connectivity index (χ2n) is 2.48. The zero-order valence-corrected chi connectivity index (χ0v) is 8.35. The molecule has 0 atom stereocenters. The van der Waals surface area contributed by atoms with Crippen molar-refractivity contribution in [2.45, 2.75) is 20.0 Å². The summed E-state index contributed by atoms with van der Waals surface area (Å²) in [6, 6.07) is 0. The van der Waals surface area contributed by atoms with Gasteiger partial charge in [0, 0.05) is 7.11 Å². The van der Waals surface area contributed by atoms with E-state index in [1.54, 1.807) is 0 Å². The summed E-state index contributed by atoms with van der Waals surface area (Å²) in [5, 5.41) is 9.65. The number of carboxylic acids is 1. The van der Waals surface area contributed by atoms with Crippen LogP contribution in [0.4, 0.5) is 0 Å². The molecule has 1 aromatic heterocycles. The van der Waals surface area contributed by atoms with E-state index in [9.17, 15) is 4.79 Å². The zero-order valence-electron chi connectivity index (χ0n) is 7.53. The average Bonchev–Trinajstić information content (AvgIpc) is 2.48. The van der Waals surface area contributed by atoms with Crippen LogP contribution in [0.25, 0.3) is 0 Å². The number of carbonyl (C=O) groups is 1. The predicted molar refractivity (Wildman–Crippen MR) is 49.2 cm³/mol. The zero-order chi connectivity index (χ0) is 9.84. The molecule has 0 aliphatic rings. The van der Waals surface area contributed by atoms with Gasteiger partial charge in [-0.3, -0.25) is 0 Å². The molecule has 0 radical (unpaired) electrons. The van der Waals surface area contributed by atoms with Gasteiger partial charge in [0.05, 0.1) is 17.3 Å². The third-order valence-electron chi connectivity index (χ3n) is 1.52. The van der Waals surface area contributed by atoms with E-state index in [1.807, 2.05) is 6.92 Å². The minimum absolute atomic E-state index is 0.262. The van der Waals surface area contributed by atoms with Crippen LogP contribution in [0, 0.1) is 0 Å². The first-order chi connectivity index (χ1) is 6.19. The summed E-state index contributed by atoms with van der Waals surface area (Å²) in [7, 11) is 1.52. The maximum absolute atomic E-state index is 10.7. The van der Waals surface area contributed by atoms with Crippen molar-refractivity contribution in [3.63, 3.8) is 0 Å². The van der Waals surface area contributed by atoms with Crippen molar-refractivity contribution in [2.75, 3.05) is 7.11 Å². The number of rotatable bonds is 4. The van der Waals surface area contributed by atoms with Crippen LogP contribution >= 0.6 is 11.3 Å². The number of nitrogens with zero attached hydrogens (tertiary/aromatic N) is 1. The second-order valence-corrected chi connectivity index (χ2v) is 3.56. The van der Waals surface area contributed by atoms with Crippen LogP contribution in [0.15, 0.2) is 0 Å². The number of hydrogen-bond donors (Lipinski definition) is 1. The third-order valence-corrected chi connectivity index (χ3v) is 2.75. The molecule has 0 unspecified atom stereocenters. The molecule has 1 aromatic rings. The van der Waals surface area contributed by atoms with Gasteiger partial charge in [0.25, 0.3) is 0 Å². The van der Waals surface area contributed by atoms with Crippen molar-refractivity contribution in [3.8, 4) is 0 Å². The first-order valence-corrected chi connectivity index (χ1v) is 4.71. The maximum atomic E-state index is 10.7. The van der Waals surface area contributed by atoms with Crippen LogP contribution in [-0.4, -0.2) is 23.2 Å². The van der Waals surface area contributed by atoms with Gasteiger partial charge in [0.2, 0.25) is 0 Å². The molecule has 0 fully saturated rings. The fraction of sp³-hybridized carbons (Fsp3) is 0.500. The van der Waals surface area contributed by atoms with E-state index < -0.39 is 5.97 Å². The van der Waals surface area contributed by atoms with E-state index in [4.69, 9.17) is 9.84 Å². The Balaban J connectivity index is 3.00. The van der Waals surface area contributed by atoms with Crippen molar-refractivity contribution in [1.82, 2.24) is 4.98 Å². The molecule has 0 aliphatic heterocycles. The van der Waals surface area contributed by atoms with Gasteiger partial charge in [-0.1, -0.05) is 6.92 Å². The van der Waals surface area contributed by atoms with Crippen LogP contribution in [0.1, 0.15) is 27.3 Å². The van der Waals surface area contributed by atoms with E-state index >= 15 is 0 Å². The van der Waals surface area contributed by atoms with E-state index in [1.165, 1.54) is 18.4 Å². The highest BCUT2D eigenvalue weighted by atomic mass is 32.1. The fourth-order valence-electron chi connectivity index (χ4n) is 0.954. The van der Waals surface area contributed by atoms with Crippen LogP contribution in [-0.2, 0) is 17.8 Å². The lowest BCUT2D eigenvalue weighted by molar-refractivity contribution is 0.0697. The van der Waals surface area contributed by atoms with E-state index in [0.29, 0.717) is 10.6 Å². The van der Waals surface area contributed by atoms with Crippen molar-refractivity contribution in [1.29, 1.82) is 0 Å². The number of aryl methyl sites for hydroxylation is 1. The highest BCUT2D eigenvalue weighted by Crippen LogP contribution is 2.19. The minimum atomic E-state index is -0.927. The highest BCUT2D eigenvalue weighted by molar-refractivity contribution is 7.13. The number of carboxylic acid groups (broad SMARTS) is 1. The number of aromatic carboxylic acids is 1. The summed E-state index contributed by atoms with van der Waals surface area (Å²) in [6.07, 6.45) is 0.759. The largest absolute Gasteiger partial charge is 0.477 e.